The molecule has 2 heterocycles. The number of carbonyl (C=O) groups excluding carboxylic acids is 3. The van der Waals surface area contributed by atoms with Crippen molar-refractivity contribution >= 4 is 29.1 Å². The Morgan fingerprint density at radius 2 is 1.58 bits per heavy atom. The highest BCUT2D eigenvalue weighted by Crippen LogP contribution is 2.69. The van der Waals surface area contributed by atoms with Crippen molar-refractivity contribution < 1.29 is 14.4 Å². The van der Waals surface area contributed by atoms with Crippen LogP contribution in [-0.4, -0.2) is 34.8 Å². The van der Waals surface area contributed by atoms with Crippen molar-refractivity contribution in [2.45, 2.75) is 20.3 Å². The van der Waals surface area contributed by atoms with Gasteiger partial charge in [0.1, 0.15) is 0 Å². The van der Waals surface area contributed by atoms with Crippen LogP contribution in [0.4, 0.5) is 0 Å². The molecule has 4 aliphatic carbocycles. The summed E-state index contributed by atoms with van der Waals surface area (Å²) in [7, 11) is 1.55. The van der Waals surface area contributed by atoms with Gasteiger partial charge in [0.2, 0.25) is 0 Å². The number of thiophene rings is 1. The van der Waals surface area contributed by atoms with Crippen molar-refractivity contribution in [1.29, 1.82) is 0 Å². The molecule has 5 nitrogen and oxygen atoms in total. The van der Waals surface area contributed by atoms with Crippen molar-refractivity contribution in [3.63, 3.8) is 0 Å². The monoisotopic (exact) mass is 432 g/mol. The third-order valence-electron chi connectivity index (χ3n) is 8.17. The van der Waals surface area contributed by atoms with Gasteiger partial charge in [-0.2, -0.15) is 16.3 Å². The van der Waals surface area contributed by atoms with Gasteiger partial charge in [0.05, 0.1) is 11.8 Å². The lowest BCUT2D eigenvalue weighted by Gasteiger charge is -2.44. The number of allylic oxidation sites excluding steroid dienone is 2. The predicted octanol–water partition coefficient (Wildman–Crippen LogP) is 4.24. The first kappa shape index (κ1) is 19.0. The normalized spacial score (nSPS) is 32.9. The minimum atomic E-state index is -0.332. The molecule has 1 aromatic carbocycles. The highest BCUT2D eigenvalue weighted by molar-refractivity contribution is 7.08. The van der Waals surface area contributed by atoms with Gasteiger partial charge in [-0.05, 0) is 78.0 Å². The van der Waals surface area contributed by atoms with E-state index in [0.29, 0.717) is 17.4 Å². The lowest BCUT2D eigenvalue weighted by Crippen LogP contribution is -2.48. The molecular formula is C25H24N2O3S. The number of amides is 3. The third kappa shape index (κ3) is 2.39. The maximum atomic E-state index is 13.5. The molecule has 3 amide bonds. The van der Waals surface area contributed by atoms with Crippen LogP contribution in [0.5, 0.6) is 0 Å². The number of benzene rings is 1. The number of carbonyl (C=O) groups is 3. The zero-order chi connectivity index (χ0) is 21.6. The zero-order valence-corrected chi connectivity index (χ0v) is 18.6. The van der Waals surface area contributed by atoms with Gasteiger partial charge in [-0.25, -0.2) is 5.01 Å². The molecule has 1 aromatic heterocycles. The molecule has 1 saturated heterocycles. The highest BCUT2D eigenvalue weighted by Gasteiger charge is 2.70. The van der Waals surface area contributed by atoms with E-state index in [1.807, 2.05) is 35.0 Å². The van der Waals surface area contributed by atoms with E-state index in [9.17, 15) is 14.4 Å². The third-order valence-corrected chi connectivity index (χ3v) is 8.85. The quantitative estimate of drug-likeness (QED) is 0.539. The Kier molecular flexibility index (Phi) is 3.91. The second kappa shape index (κ2) is 6.39. The average molecular weight is 433 g/mol. The summed E-state index contributed by atoms with van der Waals surface area (Å²) in [5.41, 5.74) is 4.86. The van der Waals surface area contributed by atoms with Gasteiger partial charge < -0.3 is 0 Å². The van der Waals surface area contributed by atoms with Gasteiger partial charge in [0.25, 0.3) is 17.7 Å². The molecule has 2 bridgehead atoms. The van der Waals surface area contributed by atoms with Gasteiger partial charge in [0.15, 0.2) is 0 Å². The summed E-state index contributed by atoms with van der Waals surface area (Å²) in [5.74, 6) is 0.0165. The number of hydrazine groups is 1. The number of nitrogens with zero attached hydrogens (tertiary/aromatic N) is 2. The first-order chi connectivity index (χ1) is 14.9. The first-order valence-corrected chi connectivity index (χ1v) is 11.8. The van der Waals surface area contributed by atoms with Crippen molar-refractivity contribution in [3.05, 3.63) is 57.8 Å². The van der Waals surface area contributed by atoms with Gasteiger partial charge >= 0.3 is 0 Å². The van der Waals surface area contributed by atoms with Crippen molar-refractivity contribution in [1.82, 2.24) is 10.0 Å². The van der Waals surface area contributed by atoms with E-state index < -0.39 is 0 Å². The molecule has 0 N–H and O–H groups in total. The standard InChI is InChI=1S/C25H24N2O3S/c1-12-13(2)20-18-10-17(18)19(12)21-22(20)25(30)27(24(21)29)26(3)23(28)16-7-5-4-6-15(16)14-8-9-31-11-14/h4-9,11,17-22H,10H2,1-3H3. The average Bonchev–Trinajstić information content (AvgIpc) is 3.29. The first-order valence-electron chi connectivity index (χ1n) is 10.9. The van der Waals surface area contributed by atoms with E-state index in [1.165, 1.54) is 16.2 Å². The number of rotatable bonds is 3. The van der Waals surface area contributed by atoms with E-state index in [4.69, 9.17) is 0 Å². The Balaban J connectivity index is 1.35. The molecule has 7 rings (SSSR count). The number of hydrogen-bond donors (Lipinski definition) is 0. The Labute approximate surface area is 185 Å². The lowest BCUT2D eigenvalue weighted by molar-refractivity contribution is -0.153. The van der Waals surface area contributed by atoms with E-state index in [0.717, 1.165) is 22.6 Å². The number of imide groups is 1. The van der Waals surface area contributed by atoms with Crippen LogP contribution in [0.2, 0.25) is 0 Å². The molecular weight excluding hydrogens is 408 g/mol. The summed E-state index contributed by atoms with van der Waals surface area (Å²) in [6.07, 6.45) is 1.13. The smallest absolute Gasteiger partial charge is 0.272 e. The minimum Gasteiger partial charge on any atom is -0.272 e. The van der Waals surface area contributed by atoms with Crippen LogP contribution in [0.1, 0.15) is 30.6 Å². The SMILES string of the molecule is CC1=C(C)C2C3CC3C1C1C(=O)N(N(C)C(=O)c3ccccc3-c3ccsc3)C(=O)C21. The van der Waals surface area contributed by atoms with E-state index >= 15 is 0 Å². The van der Waals surface area contributed by atoms with Gasteiger partial charge in [0, 0.05) is 12.6 Å². The Hall–Kier alpha value is -2.73. The van der Waals surface area contributed by atoms with E-state index in [-0.39, 0.29) is 41.4 Å². The maximum absolute atomic E-state index is 13.5. The molecule has 0 radical (unpaired) electrons. The van der Waals surface area contributed by atoms with Crippen LogP contribution < -0.4 is 0 Å². The van der Waals surface area contributed by atoms with Crippen LogP contribution in [0.15, 0.2) is 52.2 Å². The topological polar surface area (TPSA) is 57.7 Å². The van der Waals surface area contributed by atoms with Crippen LogP contribution in [0.25, 0.3) is 11.1 Å². The molecule has 0 spiro atoms. The van der Waals surface area contributed by atoms with Crippen molar-refractivity contribution in [2.75, 3.05) is 7.05 Å². The molecule has 2 saturated carbocycles. The van der Waals surface area contributed by atoms with Crippen molar-refractivity contribution in [2.24, 2.45) is 35.5 Å². The summed E-state index contributed by atoms with van der Waals surface area (Å²) in [5, 5.41) is 6.37. The minimum absolute atomic E-state index is 0.156. The summed E-state index contributed by atoms with van der Waals surface area (Å²) < 4.78 is 0. The number of hydrogen-bond acceptors (Lipinski definition) is 4. The fourth-order valence-corrected chi connectivity index (χ4v) is 7.31. The molecule has 31 heavy (non-hydrogen) atoms. The van der Waals surface area contributed by atoms with Gasteiger partial charge in [-0.15, -0.1) is 0 Å². The fourth-order valence-electron chi connectivity index (χ4n) is 6.65. The largest absolute Gasteiger partial charge is 0.273 e. The summed E-state index contributed by atoms with van der Waals surface area (Å²) >= 11 is 1.57. The molecule has 158 valence electrons. The second-order valence-corrected chi connectivity index (χ2v) is 10.2. The highest BCUT2D eigenvalue weighted by atomic mass is 32.1. The Morgan fingerprint density at radius 1 is 0.968 bits per heavy atom. The molecule has 6 atom stereocenters. The van der Waals surface area contributed by atoms with E-state index in [2.05, 4.69) is 13.8 Å². The van der Waals surface area contributed by atoms with Crippen LogP contribution >= 0.6 is 11.3 Å². The molecule has 3 fully saturated rings. The molecule has 1 aliphatic heterocycles. The molecule has 5 aliphatic rings. The lowest BCUT2D eigenvalue weighted by atomic mass is 9.57. The zero-order valence-electron chi connectivity index (χ0n) is 17.7. The van der Waals surface area contributed by atoms with Crippen molar-refractivity contribution in [3.8, 4) is 11.1 Å². The molecule has 6 unspecified atom stereocenters. The van der Waals surface area contributed by atoms with Gasteiger partial charge in [-0.3, -0.25) is 14.4 Å². The molecule has 2 aromatic rings. The maximum Gasteiger partial charge on any atom is 0.273 e. The summed E-state index contributed by atoms with van der Waals surface area (Å²) in [6, 6.07) is 9.35. The van der Waals surface area contributed by atoms with Crippen LogP contribution in [0, 0.1) is 35.5 Å². The second-order valence-electron chi connectivity index (χ2n) is 9.41. The Morgan fingerprint density at radius 3 is 2.16 bits per heavy atom. The van der Waals surface area contributed by atoms with E-state index in [1.54, 1.807) is 24.5 Å². The summed E-state index contributed by atoms with van der Waals surface area (Å²) in [4.78, 5) is 40.6. The summed E-state index contributed by atoms with van der Waals surface area (Å²) in [6.45, 7) is 4.26. The predicted molar refractivity (Wildman–Crippen MR) is 118 cm³/mol. The Bertz CT molecular complexity index is 1130. The fraction of sp³-hybridized carbons (Fsp3) is 0.400. The van der Waals surface area contributed by atoms with Gasteiger partial charge in [-0.1, -0.05) is 29.3 Å². The molecule has 6 heteroatoms. The van der Waals surface area contributed by atoms with Crippen LogP contribution in [0.3, 0.4) is 0 Å². The van der Waals surface area contributed by atoms with Crippen LogP contribution in [-0.2, 0) is 9.59 Å².